The van der Waals surface area contributed by atoms with Crippen LogP contribution in [0.4, 0.5) is 0 Å². The van der Waals surface area contributed by atoms with Gasteiger partial charge in [-0.2, -0.15) is 0 Å². The van der Waals surface area contributed by atoms with Crippen LogP contribution in [0.1, 0.15) is 43.9 Å². The van der Waals surface area contributed by atoms with E-state index in [1.165, 1.54) is 17.4 Å². The molecule has 0 aliphatic heterocycles. The van der Waals surface area contributed by atoms with Gasteiger partial charge in [0.25, 0.3) is 0 Å². The fourth-order valence-electron chi connectivity index (χ4n) is 3.04. The number of hydrogen-bond acceptors (Lipinski definition) is 4. The molecular weight excluding hydrogens is 298 g/mol. The molecule has 0 radical (unpaired) electrons. The molecule has 0 heterocycles. The summed E-state index contributed by atoms with van der Waals surface area (Å²) in [5.41, 5.74) is 3.05. The van der Waals surface area contributed by atoms with E-state index in [0.29, 0.717) is 12.6 Å². The van der Waals surface area contributed by atoms with Gasteiger partial charge >= 0.3 is 0 Å². The average molecular weight is 325 g/mol. The van der Waals surface area contributed by atoms with Crippen LogP contribution >= 0.6 is 0 Å². The summed E-state index contributed by atoms with van der Waals surface area (Å²) in [5, 5.41) is 3.54. The number of benzene rings is 1. The van der Waals surface area contributed by atoms with Crippen molar-refractivity contribution in [2.45, 2.75) is 38.1 Å². The molecule has 1 atom stereocenters. The average Bonchev–Trinajstić information content (AvgIpc) is 2.44. The highest BCUT2D eigenvalue weighted by molar-refractivity contribution is 7.90. The molecule has 0 saturated heterocycles. The molecule has 0 bridgehead atoms. The molecule has 1 aromatic rings. The van der Waals surface area contributed by atoms with Gasteiger partial charge in [0.1, 0.15) is 9.84 Å². The van der Waals surface area contributed by atoms with E-state index in [0.717, 1.165) is 19.4 Å². The second-order valence-corrected chi connectivity index (χ2v) is 9.02. The molecule has 124 valence electrons. The summed E-state index contributed by atoms with van der Waals surface area (Å²) in [6, 6.07) is 9.00. The number of sulfone groups is 1. The molecule has 1 unspecified atom stereocenters. The smallest absolute Gasteiger partial charge is 0.149 e. The third-order valence-corrected chi connectivity index (χ3v) is 5.27. The van der Waals surface area contributed by atoms with Gasteiger partial charge in [-0.25, -0.2) is 8.42 Å². The minimum absolute atomic E-state index is 0.0907. The van der Waals surface area contributed by atoms with E-state index in [2.05, 4.69) is 43.4 Å². The summed E-state index contributed by atoms with van der Waals surface area (Å²) in [6.07, 6.45) is 3.51. The van der Waals surface area contributed by atoms with Crippen LogP contribution in [0.5, 0.6) is 0 Å². The van der Waals surface area contributed by atoms with Gasteiger partial charge in [0, 0.05) is 18.8 Å². The minimum Gasteiger partial charge on any atom is -0.379 e. The molecule has 22 heavy (non-hydrogen) atoms. The molecule has 1 aliphatic rings. The third kappa shape index (κ3) is 4.80. The van der Waals surface area contributed by atoms with Gasteiger partial charge in [-0.3, -0.25) is 0 Å². The molecule has 0 spiro atoms. The van der Waals surface area contributed by atoms with Crippen LogP contribution in [0, 0.1) is 0 Å². The molecule has 0 saturated carbocycles. The molecule has 0 amide bonds. The Labute approximate surface area is 134 Å². The Kier molecular flexibility index (Phi) is 5.64. The Morgan fingerprint density at radius 1 is 1.27 bits per heavy atom. The zero-order chi connectivity index (χ0) is 16.2. The second-order valence-electron chi connectivity index (χ2n) is 6.76. The number of hydrogen-bond donors (Lipinski definition) is 1. The predicted molar refractivity (Wildman–Crippen MR) is 90.0 cm³/mol. The summed E-state index contributed by atoms with van der Waals surface area (Å²) in [4.78, 5) is 0. The molecule has 1 aliphatic carbocycles. The number of fused-ring (bicyclic) bond motifs is 1. The van der Waals surface area contributed by atoms with Crippen LogP contribution < -0.4 is 5.32 Å². The molecule has 2 rings (SSSR count). The Morgan fingerprint density at radius 3 is 2.73 bits per heavy atom. The fourth-order valence-corrected chi connectivity index (χ4v) is 3.46. The molecule has 5 heteroatoms. The predicted octanol–water partition coefficient (Wildman–Crippen LogP) is 2.45. The highest BCUT2D eigenvalue weighted by atomic mass is 32.2. The van der Waals surface area contributed by atoms with Crippen molar-refractivity contribution in [2.75, 3.05) is 31.8 Å². The summed E-state index contributed by atoms with van der Waals surface area (Å²) in [5.74, 6) is 0.0907. The lowest BCUT2D eigenvalue weighted by atomic mass is 9.71. The van der Waals surface area contributed by atoms with Crippen molar-refractivity contribution in [3.05, 3.63) is 35.4 Å². The summed E-state index contributed by atoms with van der Waals surface area (Å²) >= 11 is 0. The largest absolute Gasteiger partial charge is 0.379 e. The van der Waals surface area contributed by atoms with Crippen molar-refractivity contribution < 1.29 is 13.2 Å². The topological polar surface area (TPSA) is 55.4 Å². The third-order valence-electron chi connectivity index (χ3n) is 4.36. The monoisotopic (exact) mass is 325 g/mol. The first-order valence-electron chi connectivity index (χ1n) is 7.88. The SMILES string of the molecule is CC1(C)CCC(NCCOCCS(C)(=O)=O)c2ccccc21. The quantitative estimate of drug-likeness (QED) is 0.783. The fraction of sp³-hybridized carbons (Fsp3) is 0.647. The van der Waals surface area contributed by atoms with E-state index >= 15 is 0 Å². The van der Waals surface area contributed by atoms with E-state index in [9.17, 15) is 8.42 Å². The van der Waals surface area contributed by atoms with Crippen molar-refractivity contribution in [1.29, 1.82) is 0 Å². The van der Waals surface area contributed by atoms with Crippen LogP contribution in [0.3, 0.4) is 0 Å². The highest BCUT2D eigenvalue weighted by Crippen LogP contribution is 2.41. The first-order chi connectivity index (χ1) is 10.3. The molecule has 1 N–H and O–H groups in total. The van der Waals surface area contributed by atoms with Gasteiger partial charge < -0.3 is 10.1 Å². The second kappa shape index (κ2) is 7.11. The van der Waals surface area contributed by atoms with E-state index < -0.39 is 9.84 Å². The Balaban J connectivity index is 1.82. The molecule has 0 aromatic heterocycles. The maximum atomic E-state index is 11.0. The van der Waals surface area contributed by atoms with Crippen LogP contribution in [-0.2, 0) is 20.0 Å². The first kappa shape index (κ1) is 17.4. The van der Waals surface area contributed by atoms with Crippen LogP contribution in [0.25, 0.3) is 0 Å². The van der Waals surface area contributed by atoms with Crippen LogP contribution in [0.2, 0.25) is 0 Å². The Morgan fingerprint density at radius 2 is 2.00 bits per heavy atom. The van der Waals surface area contributed by atoms with Crippen molar-refractivity contribution >= 4 is 9.84 Å². The standard InChI is InChI=1S/C17H27NO3S/c1-17(2)9-8-16(14-6-4-5-7-15(14)17)18-10-11-21-12-13-22(3,19)20/h4-7,16,18H,8-13H2,1-3H3. The molecular formula is C17H27NO3S. The van der Waals surface area contributed by atoms with Crippen molar-refractivity contribution in [2.24, 2.45) is 0 Å². The number of rotatable bonds is 7. The summed E-state index contributed by atoms with van der Waals surface area (Å²) < 4.78 is 27.4. The van der Waals surface area contributed by atoms with Crippen LogP contribution in [0.15, 0.2) is 24.3 Å². The van der Waals surface area contributed by atoms with Gasteiger partial charge in [0.05, 0.1) is 19.0 Å². The zero-order valence-corrected chi connectivity index (χ0v) is 14.6. The maximum Gasteiger partial charge on any atom is 0.149 e. The van der Waals surface area contributed by atoms with E-state index in [-0.39, 0.29) is 17.8 Å². The van der Waals surface area contributed by atoms with Crippen molar-refractivity contribution in [3.8, 4) is 0 Å². The van der Waals surface area contributed by atoms with E-state index in [4.69, 9.17) is 4.74 Å². The lowest BCUT2D eigenvalue weighted by Crippen LogP contribution is -2.34. The maximum absolute atomic E-state index is 11.0. The summed E-state index contributed by atoms with van der Waals surface area (Å²) in [6.45, 7) is 6.16. The lowest BCUT2D eigenvalue weighted by Gasteiger charge is -2.37. The molecule has 1 aromatic carbocycles. The van der Waals surface area contributed by atoms with Crippen molar-refractivity contribution in [1.82, 2.24) is 5.32 Å². The van der Waals surface area contributed by atoms with Gasteiger partial charge in [0.15, 0.2) is 0 Å². The number of nitrogens with one attached hydrogen (secondary N) is 1. The van der Waals surface area contributed by atoms with Crippen LogP contribution in [-0.4, -0.2) is 40.2 Å². The lowest BCUT2D eigenvalue weighted by molar-refractivity contribution is 0.146. The summed E-state index contributed by atoms with van der Waals surface area (Å²) in [7, 11) is -2.93. The first-order valence-corrected chi connectivity index (χ1v) is 9.94. The highest BCUT2D eigenvalue weighted by Gasteiger charge is 2.31. The Bertz CT molecular complexity index is 596. The van der Waals surface area contributed by atoms with Gasteiger partial charge in [-0.15, -0.1) is 0 Å². The van der Waals surface area contributed by atoms with Crippen molar-refractivity contribution in [3.63, 3.8) is 0 Å². The van der Waals surface area contributed by atoms with E-state index in [1.54, 1.807) is 0 Å². The van der Waals surface area contributed by atoms with Gasteiger partial charge in [-0.05, 0) is 29.4 Å². The molecule has 4 nitrogen and oxygen atoms in total. The minimum atomic E-state index is -2.93. The number of ether oxygens (including phenoxy) is 1. The zero-order valence-electron chi connectivity index (χ0n) is 13.8. The normalized spacial score (nSPS) is 20.6. The van der Waals surface area contributed by atoms with Gasteiger partial charge in [-0.1, -0.05) is 38.1 Å². The van der Waals surface area contributed by atoms with Gasteiger partial charge in [0.2, 0.25) is 0 Å². The Hall–Kier alpha value is -0.910. The van der Waals surface area contributed by atoms with E-state index in [1.807, 2.05) is 0 Å². The molecule has 0 fully saturated rings.